The van der Waals surface area contributed by atoms with Crippen molar-refractivity contribution in [1.29, 1.82) is 0 Å². The van der Waals surface area contributed by atoms with E-state index in [0.29, 0.717) is 25.9 Å². The lowest BCUT2D eigenvalue weighted by Crippen LogP contribution is -2.11. The molecule has 24 heavy (non-hydrogen) atoms. The lowest BCUT2D eigenvalue weighted by atomic mass is 10.2. The summed E-state index contributed by atoms with van der Waals surface area (Å²) in [7, 11) is 0. The van der Waals surface area contributed by atoms with Crippen molar-refractivity contribution in [2.45, 2.75) is 6.92 Å². The fourth-order valence-electron chi connectivity index (χ4n) is 1.98. The summed E-state index contributed by atoms with van der Waals surface area (Å²) < 4.78 is 0. The molecule has 0 aliphatic carbocycles. The number of aromatic nitrogens is 2. The van der Waals surface area contributed by atoms with Gasteiger partial charge in [-0.05, 0) is 30.7 Å². The second-order valence-electron chi connectivity index (χ2n) is 4.91. The Morgan fingerprint density at radius 1 is 1.12 bits per heavy atom. The van der Waals surface area contributed by atoms with Crippen LogP contribution < -0.4 is 10.6 Å². The highest BCUT2D eigenvalue weighted by Crippen LogP contribution is 2.28. The molecule has 0 aliphatic rings. The number of rotatable bonds is 4. The van der Waals surface area contributed by atoms with Crippen molar-refractivity contribution < 1.29 is 4.79 Å². The Labute approximate surface area is 152 Å². The van der Waals surface area contributed by atoms with Crippen LogP contribution in [0.15, 0.2) is 42.7 Å². The third kappa shape index (κ3) is 3.84. The molecule has 122 valence electrons. The summed E-state index contributed by atoms with van der Waals surface area (Å²) in [4.78, 5) is 21.0. The molecule has 2 aromatic heterocycles. The molecule has 0 aliphatic heterocycles. The first-order chi connectivity index (χ1) is 11.5. The Bertz CT molecular complexity index is 860. The summed E-state index contributed by atoms with van der Waals surface area (Å²) in [6.45, 7) is 1.88. The number of amides is 1. The Morgan fingerprint density at radius 2 is 1.96 bits per heavy atom. The van der Waals surface area contributed by atoms with Gasteiger partial charge in [0.15, 0.2) is 5.13 Å². The third-order valence-corrected chi connectivity index (χ3v) is 4.62. The van der Waals surface area contributed by atoms with E-state index in [4.69, 9.17) is 23.2 Å². The minimum atomic E-state index is -0.258. The molecule has 3 rings (SSSR count). The quantitative estimate of drug-likeness (QED) is 0.616. The Kier molecular flexibility index (Phi) is 4.99. The summed E-state index contributed by atoms with van der Waals surface area (Å²) in [5.74, 6) is -0.258. The topological polar surface area (TPSA) is 66.9 Å². The SMILES string of the molecule is Cc1cccc(Cl)c1NC(=O)c1cnc(Nc2ccc(Cl)nc2)s1. The van der Waals surface area contributed by atoms with Gasteiger partial charge in [0.25, 0.3) is 5.91 Å². The summed E-state index contributed by atoms with van der Waals surface area (Å²) in [5.41, 5.74) is 2.24. The van der Waals surface area contributed by atoms with Gasteiger partial charge < -0.3 is 10.6 Å². The van der Waals surface area contributed by atoms with Gasteiger partial charge >= 0.3 is 0 Å². The predicted molar refractivity (Wildman–Crippen MR) is 98.8 cm³/mol. The average molecular weight is 379 g/mol. The fraction of sp³-hybridized carbons (Fsp3) is 0.0625. The molecule has 0 unspecified atom stereocenters. The number of nitrogens with one attached hydrogen (secondary N) is 2. The van der Waals surface area contributed by atoms with Gasteiger partial charge in [-0.15, -0.1) is 0 Å². The molecule has 1 aromatic carbocycles. The number of nitrogens with zero attached hydrogens (tertiary/aromatic N) is 2. The van der Waals surface area contributed by atoms with E-state index in [1.807, 2.05) is 19.1 Å². The number of pyridine rings is 1. The summed E-state index contributed by atoms with van der Waals surface area (Å²) >= 11 is 13.1. The maximum absolute atomic E-state index is 12.4. The number of hydrogen-bond donors (Lipinski definition) is 2. The number of benzene rings is 1. The number of hydrogen-bond acceptors (Lipinski definition) is 5. The first kappa shape index (κ1) is 16.7. The Hall–Kier alpha value is -2.15. The molecule has 2 heterocycles. The predicted octanol–water partition coefficient (Wildman–Crippen LogP) is 5.15. The number of halogens is 2. The standard InChI is InChI=1S/C16H12Cl2N4OS/c1-9-3-2-4-11(17)14(9)22-15(23)12-8-20-16(24-12)21-10-5-6-13(18)19-7-10/h2-8H,1H3,(H,20,21)(H,22,23). The largest absolute Gasteiger partial charge is 0.330 e. The molecule has 5 nitrogen and oxygen atoms in total. The van der Waals surface area contributed by atoms with Gasteiger partial charge in [0.1, 0.15) is 10.0 Å². The van der Waals surface area contributed by atoms with E-state index in [9.17, 15) is 4.79 Å². The van der Waals surface area contributed by atoms with Crippen molar-refractivity contribution >= 4 is 57.0 Å². The molecule has 8 heteroatoms. The van der Waals surface area contributed by atoms with Crippen LogP contribution in [0.4, 0.5) is 16.5 Å². The maximum Gasteiger partial charge on any atom is 0.267 e. The Morgan fingerprint density at radius 3 is 2.67 bits per heavy atom. The molecule has 0 radical (unpaired) electrons. The molecule has 3 aromatic rings. The first-order valence-electron chi connectivity index (χ1n) is 6.94. The first-order valence-corrected chi connectivity index (χ1v) is 8.51. The molecule has 0 atom stereocenters. The van der Waals surface area contributed by atoms with Gasteiger partial charge in [-0.25, -0.2) is 9.97 Å². The number of carbonyl (C=O) groups is 1. The highest BCUT2D eigenvalue weighted by atomic mass is 35.5. The summed E-state index contributed by atoms with van der Waals surface area (Å²) in [5, 5.41) is 7.39. The van der Waals surface area contributed by atoms with Crippen molar-refractivity contribution in [3.05, 3.63) is 63.3 Å². The van der Waals surface area contributed by atoms with E-state index < -0.39 is 0 Å². The monoisotopic (exact) mass is 378 g/mol. The molecule has 0 bridgehead atoms. The lowest BCUT2D eigenvalue weighted by Gasteiger charge is -2.08. The smallest absolute Gasteiger partial charge is 0.267 e. The highest BCUT2D eigenvalue weighted by molar-refractivity contribution is 7.17. The van der Waals surface area contributed by atoms with Gasteiger partial charge in [-0.3, -0.25) is 4.79 Å². The number of para-hydroxylation sites is 1. The van der Waals surface area contributed by atoms with Crippen molar-refractivity contribution in [3.63, 3.8) is 0 Å². The van der Waals surface area contributed by atoms with E-state index in [2.05, 4.69) is 20.6 Å². The third-order valence-electron chi connectivity index (χ3n) is 3.17. The van der Waals surface area contributed by atoms with Crippen molar-refractivity contribution in [1.82, 2.24) is 9.97 Å². The molecular weight excluding hydrogens is 367 g/mol. The fourth-order valence-corrected chi connectivity index (χ4v) is 3.09. The van der Waals surface area contributed by atoms with Crippen LogP contribution in [0, 0.1) is 6.92 Å². The molecule has 2 N–H and O–H groups in total. The van der Waals surface area contributed by atoms with Gasteiger partial charge in [-0.1, -0.05) is 46.7 Å². The van der Waals surface area contributed by atoms with Crippen molar-refractivity contribution in [2.75, 3.05) is 10.6 Å². The van der Waals surface area contributed by atoms with Gasteiger partial charge in [0.05, 0.1) is 28.8 Å². The molecular formula is C16H12Cl2N4OS. The van der Waals surface area contributed by atoms with Crippen LogP contribution in [0.3, 0.4) is 0 Å². The molecule has 0 fully saturated rings. The van der Waals surface area contributed by atoms with E-state index in [1.54, 1.807) is 24.4 Å². The van der Waals surface area contributed by atoms with Crippen molar-refractivity contribution in [2.24, 2.45) is 0 Å². The van der Waals surface area contributed by atoms with Gasteiger partial charge in [-0.2, -0.15) is 0 Å². The van der Waals surface area contributed by atoms with Crippen LogP contribution in [0.5, 0.6) is 0 Å². The number of aryl methyl sites for hydroxylation is 1. The second-order valence-corrected chi connectivity index (χ2v) is 6.74. The Balaban J connectivity index is 1.73. The zero-order valence-electron chi connectivity index (χ0n) is 12.5. The van der Waals surface area contributed by atoms with E-state index >= 15 is 0 Å². The average Bonchev–Trinajstić information content (AvgIpc) is 3.02. The van der Waals surface area contributed by atoms with E-state index in [1.165, 1.54) is 17.5 Å². The molecule has 0 saturated carbocycles. The summed E-state index contributed by atoms with van der Waals surface area (Å²) in [6.07, 6.45) is 3.11. The van der Waals surface area contributed by atoms with Crippen molar-refractivity contribution in [3.8, 4) is 0 Å². The molecule has 0 spiro atoms. The van der Waals surface area contributed by atoms with Crippen LogP contribution in [-0.2, 0) is 0 Å². The lowest BCUT2D eigenvalue weighted by molar-refractivity contribution is 0.103. The van der Waals surface area contributed by atoms with Crippen LogP contribution >= 0.6 is 34.5 Å². The second kappa shape index (κ2) is 7.17. The maximum atomic E-state index is 12.4. The zero-order valence-corrected chi connectivity index (χ0v) is 14.8. The number of thiazole rings is 1. The van der Waals surface area contributed by atoms with Crippen LogP contribution in [0.1, 0.15) is 15.2 Å². The van der Waals surface area contributed by atoms with Crippen LogP contribution in [-0.4, -0.2) is 15.9 Å². The molecule has 1 amide bonds. The number of anilines is 3. The van der Waals surface area contributed by atoms with E-state index in [-0.39, 0.29) is 5.91 Å². The van der Waals surface area contributed by atoms with Gasteiger partial charge in [0, 0.05) is 0 Å². The van der Waals surface area contributed by atoms with Crippen LogP contribution in [0.25, 0.3) is 0 Å². The van der Waals surface area contributed by atoms with E-state index in [0.717, 1.165) is 11.3 Å². The normalized spacial score (nSPS) is 10.5. The minimum absolute atomic E-state index is 0.258. The highest BCUT2D eigenvalue weighted by Gasteiger charge is 2.14. The molecule has 0 saturated heterocycles. The van der Waals surface area contributed by atoms with Gasteiger partial charge in [0.2, 0.25) is 0 Å². The minimum Gasteiger partial charge on any atom is -0.330 e. The summed E-state index contributed by atoms with van der Waals surface area (Å²) in [6, 6.07) is 8.91. The van der Waals surface area contributed by atoms with Crippen LogP contribution in [0.2, 0.25) is 10.2 Å². The zero-order chi connectivity index (χ0) is 17.1. The number of carbonyl (C=O) groups excluding carboxylic acids is 1.